The van der Waals surface area contributed by atoms with E-state index in [1.54, 1.807) is 62.4 Å². The number of phenolic OH excluding ortho intramolecular Hbond substituents is 1. The molecule has 4 nitrogen and oxygen atoms in total. The van der Waals surface area contributed by atoms with Gasteiger partial charge in [-0.1, -0.05) is 30.3 Å². The predicted octanol–water partition coefficient (Wildman–Crippen LogP) is 2.79. The average molecular weight is 316 g/mol. The zero-order valence-electron chi connectivity index (χ0n) is 13.5. The fraction of sp³-hybridized carbons (Fsp3) is 0.278. The quantitative estimate of drug-likeness (QED) is 0.922. The Kier molecular flexibility index (Phi) is 5.34. The molecule has 0 aromatic heterocycles. The van der Waals surface area contributed by atoms with E-state index in [0.29, 0.717) is 12.1 Å². The van der Waals surface area contributed by atoms with E-state index in [1.807, 2.05) is 6.07 Å². The highest BCUT2D eigenvalue weighted by Gasteiger charge is 2.28. The fourth-order valence-electron chi connectivity index (χ4n) is 2.54. The molecule has 5 heteroatoms. The van der Waals surface area contributed by atoms with Crippen molar-refractivity contribution in [1.82, 2.24) is 9.80 Å². The molecule has 0 saturated carbocycles. The third-order valence-corrected chi connectivity index (χ3v) is 3.66. The number of hydrogen-bond acceptors (Lipinski definition) is 3. The van der Waals surface area contributed by atoms with Gasteiger partial charge in [0.05, 0.1) is 0 Å². The van der Waals surface area contributed by atoms with Crippen LogP contribution >= 0.6 is 0 Å². The van der Waals surface area contributed by atoms with E-state index in [-0.39, 0.29) is 11.7 Å². The van der Waals surface area contributed by atoms with Gasteiger partial charge in [0.2, 0.25) is 5.91 Å². The summed E-state index contributed by atoms with van der Waals surface area (Å²) >= 11 is 0. The first-order chi connectivity index (χ1) is 10.9. The lowest BCUT2D eigenvalue weighted by atomic mass is 10.0. The first kappa shape index (κ1) is 17.0. The summed E-state index contributed by atoms with van der Waals surface area (Å²) in [5.74, 6) is -0.449. The van der Waals surface area contributed by atoms with Crippen molar-refractivity contribution in [2.45, 2.75) is 12.6 Å². The topological polar surface area (TPSA) is 43.8 Å². The maximum atomic E-state index is 14.1. The van der Waals surface area contributed by atoms with Crippen molar-refractivity contribution in [1.29, 1.82) is 0 Å². The standard InChI is InChI=1S/C18H21FN2O2/c1-20(2)17(15-9-4-5-10-16(15)19)18(23)21(3)12-13-7-6-8-14(22)11-13/h4-11,17,22H,12H2,1-3H3/t17-/m0/s1. The molecule has 1 N–H and O–H groups in total. The van der Waals surface area contributed by atoms with Crippen molar-refractivity contribution < 1.29 is 14.3 Å². The van der Waals surface area contributed by atoms with Crippen LogP contribution in [0.1, 0.15) is 17.2 Å². The largest absolute Gasteiger partial charge is 0.508 e. The van der Waals surface area contributed by atoms with Gasteiger partial charge in [-0.2, -0.15) is 0 Å². The minimum Gasteiger partial charge on any atom is -0.508 e. The Bertz CT molecular complexity index is 688. The number of halogens is 1. The van der Waals surface area contributed by atoms with Gasteiger partial charge in [-0.05, 0) is 37.9 Å². The number of nitrogens with zero attached hydrogens (tertiary/aromatic N) is 2. The average Bonchev–Trinajstić information content (AvgIpc) is 2.49. The number of likely N-dealkylation sites (N-methyl/N-ethyl adjacent to an activating group) is 2. The number of carbonyl (C=O) groups excluding carboxylic acids is 1. The molecule has 1 atom stereocenters. The molecule has 0 bridgehead atoms. The Morgan fingerprint density at radius 1 is 1.13 bits per heavy atom. The summed E-state index contributed by atoms with van der Waals surface area (Å²) in [5.41, 5.74) is 1.16. The van der Waals surface area contributed by atoms with Crippen molar-refractivity contribution in [2.24, 2.45) is 0 Å². The lowest BCUT2D eigenvalue weighted by Gasteiger charge is -2.29. The van der Waals surface area contributed by atoms with Crippen LogP contribution in [0, 0.1) is 5.82 Å². The van der Waals surface area contributed by atoms with Crippen molar-refractivity contribution in [2.75, 3.05) is 21.1 Å². The van der Waals surface area contributed by atoms with Crippen LogP contribution in [-0.4, -0.2) is 42.0 Å². The highest BCUT2D eigenvalue weighted by molar-refractivity contribution is 5.83. The number of rotatable bonds is 5. The molecule has 2 rings (SSSR count). The Morgan fingerprint density at radius 2 is 1.83 bits per heavy atom. The number of benzene rings is 2. The molecule has 0 fully saturated rings. The molecule has 2 aromatic carbocycles. The number of aromatic hydroxyl groups is 1. The Balaban J connectivity index is 2.22. The van der Waals surface area contributed by atoms with Crippen molar-refractivity contribution in [3.63, 3.8) is 0 Å². The van der Waals surface area contributed by atoms with E-state index in [9.17, 15) is 14.3 Å². The minimum atomic E-state index is -0.696. The van der Waals surface area contributed by atoms with E-state index in [0.717, 1.165) is 5.56 Å². The highest BCUT2D eigenvalue weighted by atomic mass is 19.1. The smallest absolute Gasteiger partial charge is 0.244 e. The molecule has 0 spiro atoms. The van der Waals surface area contributed by atoms with Gasteiger partial charge in [0.15, 0.2) is 0 Å². The number of phenols is 1. The van der Waals surface area contributed by atoms with E-state index in [1.165, 1.54) is 11.0 Å². The molecule has 0 aliphatic heterocycles. The second kappa shape index (κ2) is 7.24. The molecule has 122 valence electrons. The van der Waals surface area contributed by atoms with Crippen LogP contribution in [0.25, 0.3) is 0 Å². The normalized spacial score (nSPS) is 12.2. The van der Waals surface area contributed by atoms with Crippen molar-refractivity contribution >= 4 is 5.91 Å². The lowest BCUT2D eigenvalue weighted by Crippen LogP contribution is -2.38. The minimum absolute atomic E-state index is 0.154. The SMILES string of the molecule is CN(Cc1cccc(O)c1)C(=O)[C@H](c1ccccc1F)N(C)C. The molecule has 0 aliphatic rings. The molecule has 23 heavy (non-hydrogen) atoms. The summed E-state index contributed by atoms with van der Waals surface area (Å²) in [6.07, 6.45) is 0. The molecule has 0 unspecified atom stereocenters. The molecular formula is C18H21FN2O2. The zero-order chi connectivity index (χ0) is 17.0. The summed E-state index contributed by atoms with van der Waals surface area (Å²) in [6, 6.07) is 12.3. The lowest BCUT2D eigenvalue weighted by molar-refractivity contribution is -0.135. The predicted molar refractivity (Wildman–Crippen MR) is 87.4 cm³/mol. The third kappa shape index (κ3) is 4.07. The van der Waals surface area contributed by atoms with Crippen LogP contribution in [0.15, 0.2) is 48.5 Å². The van der Waals surface area contributed by atoms with Gasteiger partial charge >= 0.3 is 0 Å². The summed E-state index contributed by atoms with van der Waals surface area (Å²) < 4.78 is 14.1. The summed E-state index contributed by atoms with van der Waals surface area (Å²) in [7, 11) is 5.16. The van der Waals surface area contributed by atoms with Crippen LogP contribution in [0.3, 0.4) is 0 Å². The second-order valence-corrected chi connectivity index (χ2v) is 5.75. The van der Waals surface area contributed by atoms with Crippen LogP contribution in [-0.2, 0) is 11.3 Å². The molecule has 1 amide bonds. The van der Waals surface area contributed by atoms with Gasteiger partial charge in [0, 0.05) is 19.2 Å². The van der Waals surface area contributed by atoms with Gasteiger partial charge in [0.1, 0.15) is 17.6 Å². The number of amides is 1. The van der Waals surface area contributed by atoms with Gasteiger partial charge in [-0.25, -0.2) is 4.39 Å². The van der Waals surface area contributed by atoms with E-state index < -0.39 is 11.9 Å². The molecule has 0 heterocycles. The van der Waals surface area contributed by atoms with Gasteiger partial charge in [0.25, 0.3) is 0 Å². The first-order valence-corrected chi connectivity index (χ1v) is 7.34. The van der Waals surface area contributed by atoms with Crippen LogP contribution in [0.4, 0.5) is 4.39 Å². The van der Waals surface area contributed by atoms with Crippen molar-refractivity contribution in [3.8, 4) is 5.75 Å². The van der Waals surface area contributed by atoms with Crippen LogP contribution in [0.2, 0.25) is 0 Å². The molecule has 0 saturated heterocycles. The van der Waals surface area contributed by atoms with Crippen LogP contribution in [0.5, 0.6) is 5.75 Å². The van der Waals surface area contributed by atoms with E-state index >= 15 is 0 Å². The summed E-state index contributed by atoms with van der Waals surface area (Å²) in [6.45, 7) is 0.339. The Hall–Kier alpha value is -2.40. The van der Waals surface area contributed by atoms with Crippen LogP contribution < -0.4 is 0 Å². The van der Waals surface area contributed by atoms with E-state index in [2.05, 4.69) is 0 Å². The zero-order valence-corrected chi connectivity index (χ0v) is 13.5. The maximum Gasteiger partial charge on any atom is 0.244 e. The maximum absolute atomic E-state index is 14.1. The fourth-order valence-corrected chi connectivity index (χ4v) is 2.54. The Morgan fingerprint density at radius 3 is 2.43 bits per heavy atom. The summed E-state index contributed by atoms with van der Waals surface area (Å²) in [4.78, 5) is 16.0. The number of hydrogen-bond donors (Lipinski definition) is 1. The monoisotopic (exact) mass is 316 g/mol. The highest BCUT2D eigenvalue weighted by Crippen LogP contribution is 2.24. The third-order valence-electron chi connectivity index (χ3n) is 3.66. The molecule has 0 aliphatic carbocycles. The molecule has 0 radical (unpaired) electrons. The first-order valence-electron chi connectivity index (χ1n) is 7.34. The van der Waals surface area contributed by atoms with Gasteiger partial charge < -0.3 is 10.0 Å². The summed E-state index contributed by atoms with van der Waals surface area (Å²) in [5, 5.41) is 9.52. The molecular weight excluding hydrogens is 295 g/mol. The van der Waals surface area contributed by atoms with Crippen molar-refractivity contribution in [3.05, 3.63) is 65.5 Å². The molecule has 2 aromatic rings. The van der Waals surface area contributed by atoms with E-state index in [4.69, 9.17) is 0 Å². The Labute approximate surface area is 135 Å². The van der Waals surface area contributed by atoms with Gasteiger partial charge in [-0.3, -0.25) is 9.69 Å². The number of carbonyl (C=O) groups is 1. The second-order valence-electron chi connectivity index (χ2n) is 5.75. The van der Waals surface area contributed by atoms with Gasteiger partial charge in [-0.15, -0.1) is 0 Å².